The van der Waals surface area contributed by atoms with Crippen LogP contribution in [0.15, 0.2) is 41.0 Å². The zero-order valence-corrected chi connectivity index (χ0v) is 12.2. The minimum absolute atomic E-state index is 0.550. The minimum Gasteiger partial charge on any atom is -0.468 e. The topological polar surface area (TPSA) is 28.4 Å². The van der Waals surface area contributed by atoms with Crippen LogP contribution in [-0.4, -0.2) is 12.6 Å². The molecule has 2 aromatic rings. The summed E-state index contributed by atoms with van der Waals surface area (Å²) in [5.74, 6) is 1.06. The normalized spacial score (nSPS) is 17.5. The summed E-state index contributed by atoms with van der Waals surface area (Å²) in [5, 5.41) is 3.33. The standard InChI is InChI=1S/C17H22N2O/c1-3-18-11-17-15(8-9-20-17)12-19-13(2)10-14-6-4-5-7-16(14)19/h4-9,13,18H,3,10-12H2,1-2H3. The van der Waals surface area contributed by atoms with Crippen molar-refractivity contribution in [2.24, 2.45) is 0 Å². The monoisotopic (exact) mass is 270 g/mol. The number of benzene rings is 1. The third kappa shape index (κ3) is 2.46. The molecule has 0 amide bonds. The molecule has 3 heteroatoms. The molecule has 2 heterocycles. The van der Waals surface area contributed by atoms with Crippen LogP contribution >= 0.6 is 0 Å². The van der Waals surface area contributed by atoms with E-state index in [4.69, 9.17) is 4.42 Å². The van der Waals surface area contributed by atoms with Gasteiger partial charge in [0.1, 0.15) is 5.76 Å². The number of para-hydroxylation sites is 1. The van der Waals surface area contributed by atoms with Crippen LogP contribution in [0.5, 0.6) is 0 Å². The zero-order chi connectivity index (χ0) is 13.9. The van der Waals surface area contributed by atoms with Crippen molar-refractivity contribution in [1.29, 1.82) is 0 Å². The van der Waals surface area contributed by atoms with Crippen LogP contribution in [0.2, 0.25) is 0 Å². The second-order valence-electron chi connectivity index (χ2n) is 5.46. The van der Waals surface area contributed by atoms with E-state index in [0.29, 0.717) is 6.04 Å². The first-order valence-electron chi connectivity index (χ1n) is 7.40. The van der Waals surface area contributed by atoms with Gasteiger partial charge in [-0.05, 0) is 37.6 Å². The van der Waals surface area contributed by atoms with E-state index in [1.807, 2.05) is 0 Å². The molecule has 3 nitrogen and oxygen atoms in total. The number of anilines is 1. The van der Waals surface area contributed by atoms with Crippen LogP contribution in [0.25, 0.3) is 0 Å². The van der Waals surface area contributed by atoms with Gasteiger partial charge < -0.3 is 14.6 Å². The van der Waals surface area contributed by atoms with E-state index in [9.17, 15) is 0 Å². The quantitative estimate of drug-likeness (QED) is 0.903. The molecule has 0 aliphatic carbocycles. The lowest BCUT2D eigenvalue weighted by molar-refractivity contribution is 0.481. The smallest absolute Gasteiger partial charge is 0.122 e. The molecule has 1 atom stereocenters. The Morgan fingerprint density at radius 3 is 3.00 bits per heavy atom. The van der Waals surface area contributed by atoms with Crippen LogP contribution in [0.3, 0.4) is 0 Å². The average Bonchev–Trinajstić information content (AvgIpc) is 3.02. The lowest BCUT2D eigenvalue weighted by Crippen LogP contribution is -2.29. The highest BCUT2D eigenvalue weighted by molar-refractivity contribution is 5.59. The Morgan fingerprint density at radius 1 is 1.30 bits per heavy atom. The SMILES string of the molecule is CCNCc1occc1CN1c2ccccc2CC1C. The van der Waals surface area contributed by atoms with Gasteiger partial charge in [-0.25, -0.2) is 0 Å². The summed E-state index contributed by atoms with van der Waals surface area (Å²) in [6.45, 7) is 7.10. The molecule has 20 heavy (non-hydrogen) atoms. The van der Waals surface area contributed by atoms with Gasteiger partial charge in [-0.15, -0.1) is 0 Å². The van der Waals surface area contributed by atoms with Gasteiger partial charge in [-0.1, -0.05) is 25.1 Å². The van der Waals surface area contributed by atoms with Gasteiger partial charge >= 0.3 is 0 Å². The summed E-state index contributed by atoms with van der Waals surface area (Å²) >= 11 is 0. The molecule has 1 aliphatic heterocycles. The number of fused-ring (bicyclic) bond motifs is 1. The van der Waals surface area contributed by atoms with Gasteiger partial charge in [0.2, 0.25) is 0 Å². The third-order valence-corrected chi connectivity index (χ3v) is 4.06. The van der Waals surface area contributed by atoms with Crippen LogP contribution in [0, 0.1) is 0 Å². The van der Waals surface area contributed by atoms with Crippen LogP contribution in [-0.2, 0) is 19.5 Å². The second-order valence-corrected chi connectivity index (χ2v) is 5.46. The molecule has 106 valence electrons. The van der Waals surface area contributed by atoms with Crippen molar-refractivity contribution in [2.45, 2.75) is 39.4 Å². The van der Waals surface area contributed by atoms with Crippen molar-refractivity contribution in [1.82, 2.24) is 5.32 Å². The fourth-order valence-corrected chi connectivity index (χ4v) is 2.96. The van der Waals surface area contributed by atoms with Crippen molar-refractivity contribution in [2.75, 3.05) is 11.4 Å². The van der Waals surface area contributed by atoms with Gasteiger partial charge in [0, 0.05) is 23.8 Å². The van der Waals surface area contributed by atoms with Crippen molar-refractivity contribution in [3.63, 3.8) is 0 Å². The number of rotatable bonds is 5. The summed E-state index contributed by atoms with van der Waals surface area (Å²) in [7, 11) is 0. The number of nitrogens with one attached hydrogen (secondary N) is 1. The van der Waals surface area contributed by atoms with E-state index in [0.717, 1.165) is 31.8 Å². The summed E-state index contributed by atoms with van der Waals surface area (Å²) < 4.78 is 5.61. The molecule has 0 radical (unpaired) electrons. The third-order valence-electron chi connectivity index (χ3n) is 4.06. The van der Waals surface area contributed by atoms with Crippen LogP contribution in [0.4, 0.5) is 5.69 Å². The Bertz CT molecular complexity index is 576. The molecule has 1 unspecified atom stereocenters. The van der Waals surface area contributed by atoms with Crippen molar-refractivity contribution >= 4 is 5.69 Å². The molecule has 0 saturated heterocycles. The lowest BCUT2D eigenvalue weighted by atomic mass is 10.1. The molecular formula is C17H22N2O. The first kappa shape index (κ1) is 13.3. The van der Waals surface area contributed by atoms with E-state index in [1.54, 1.807) is 6.26 Å². The van der Waals surface area contributed by atoms with Crippen molar-refractivity contribution in [3.05, 3.63) is 53.5 Å². The Kier molecular flexibility index (Phi) is 3.79. The van der Waals surface area contributed by atoms with Crippen LogP contribution < -0.4 is 10.2 Å². The molecule has 1 N–H and O–H groups in total. The Hall–Kier alpha value is -1.74. The highest BCUT2D eigenvalue weighted by Crippen LogP contribution is 2.33. The number of nitrogens with zero attached hydrogens (tertiary/aromatic N) is 1. The molecule has 1 aromatic heterocycles. The molecule has 0 bridgehead atoms. The predicted molar refractivity (Wildman–Crippen MR) is 81.9 cm³/mol. The average molecular weight is 270 g/mol. The summed E-state index contributed by atoms with van der Waals surface area (Å²) in [6, 6.07) is 11.4. The Morgan fingerprint density at radius 2 is 2.15 bits per heavy atom. The molecule has 3 rings (SSSR count). The minimum atomic E-state index is 0.550. The molecule has 0 saturated carbocycles. The number of hydrogen-bond donors (Lipinski definition) is 1. The number of hydrogen-bond acceptors (Lipinski definition) is 3. The van der Waals surface area contributed by atoms with E-state index < -0.39 is 0 Å². The first-order valence-corrected chi connectivity index (χ1v) is 7.40. The Labute approximate surface area is 120 Å². The highest BCUT2D eigenvalue weighted by atomic mass is 16.3. The fourth-order valence-electron chi connectivity index (χ4n) is 2.96. The predicted octanol–water partition coefficient (Wildman–Crippen LogP) is 3.34. The molecule has 0 spiro atoms. The summed E-state index contributed by atoms with van der Waals surface area (Å²) in [5.41, 5.74) is 4.11. The summed E-state index contributed by atoms with van der Waals surface area (Å²) in [6.07, 6.45) is 2.94. The Balaban J connectivity index is 1.80. The largest absolute Gasteiger partial charge is 0.468 e. The molecule has 1 aromatic carbocycles. The van der Waals surface area contributed by atoms with E-state index in [2.05, 4.69) is 54.4 Å². The van der Waals surface area contributed by atoms with Crippen molar-refractivity contribution < 1.29 is 4.42 Å². The van der Waals surface area contributed by atoms with Crippen molar-refractivity contribution in [3.8, 4) is 0 Å². The lowest BCUT2D eigenvalue weighted by Gasteiger charge is -2.24. The molecular weight excluding hydrogens is 248 g/mol. The summed E-state index contributed by atoms with van der Waals surface area (Å²) in [4.78, 5) is 2.48. The molecule has 1 aliphatic rings. The van der Waals surface area contributed by atoms with Gasteiger partial charge in [-0.3, -0.25) is 0 Å². The van der Waals surface area contributed by atoms with E-state index >= 15 is 0 Å². The van der Waals surface area contributed by atoms with Gasteiger partial charge in [0.25, 0.3) is 0 Å². The first-order chi connectivity index (χ1) is 9.79. The molecule has 0 fully saturated rings. The van der Waals surface area contributed by atoms with Gasteiger partial charge in [0.05, 0.1) is 12.8 Å². The second kappa shape index (κ2) is 5.71. The van der Waals surface area contributed by atoms with Crippen LogP contribution in [0.1, 0.15) is 30.7 Å². The highest BCUT2D eigenvalue weighted by Gasteiger charge is 2.26. The maximum Gasteiger partial charge on any atom is 0.122 e. The van der Waals surface area contributed by atoms with Gasteiger partial charge in [-0.2, -0.15) is 0 Å². The maximum atomic E-state index is 5.61. The van der Waals surface area contributed by atoms with E-state index in [1.165, 1.54) is 16.8 Å². The zero-order valence-electron chi connectivity index (χ0n) is 12.2. The van der Waals surface area contributed by atoms with E-state index in [-0.39, 0.29) is 0 Å². The van der Waals surface area contributed by atoms with Gasteiger partial charge in [0.15, 0.2) is 0 Å². The fraction of sp³-hybridized carbons (Fsp3) is 0.412. The number of furan rings is 1. The maximum absolute atomic E-state index is 5.61.